The molecule has 1 N–H and O–H groups in total. The average Bonchev–Trinajstić information content (AvgIpc) is 2.73. The lowest BCUT2D eigenvalue weighted by Crippen LogP contribution is -2.45. The van der Waals surface area contributed by atoms with Gasteiger partial charge in [0.2, 0.25) is 5.91 Å². The Hall–Kier alpha value is -2.24. The number of methoxy groups -OCH3 is 1. The van der Waals surface area contributed by atoms with Gasteiger partial charge in [-0.15, -0.1) is 0 Å². The van der Waals surface area contributed by atoms with Crippen molar-refractivity contribution in [1.29, 1.82) is 0 Å². The summed E-state index contributed by atoms with van der Waals surface area (Å²) in [7, 11) is 1.65. The second kappa shape index (κ2) is 9.09. The Bertz CT molecular complexity index is 938. The highest BCUT2D eigenvalue weighted by Crippen LogP contribution is 2.41. The van der Waals surface area contributed by atoms with Gasteiger partial charge in [-0.25, -0.2) is 0 Å². The number of benzene rings is 2. The van der Waals surface area contributed by atoms with E-state index in [4.69, 9.17) is 21.1 Å². The molecule has 0 aromatic heterocycles. The monoisotopic (exact) mass is 442 g/mol. The summed E-state index contributed by atoms with van der Waals surface area (Å²) >= 11 is 6.11. The maximum Gasteiger partial charge on any atom is 0.223 e. The Kier molecular flexibility index (Phi) is 6.44. The van der Waals surface area contributed by atoms with Crippen LogP contribution < -0.4 is 14.8 Å². The number of likely N-dealkylation sites (tertiary alicyclic amines) is 1. The van der Waals surface area contributed by atoms with Crippen LogP contribution in [-0.2, 0) is 11.3 Å². The minimum atomic E-state index is -0.350. The topological polar surface area (TPSA) is 50.8 Å². The number of hydrogen-bond donors (Lipinski definition) is 1. The van der Waals surface area contributed by atoms with Gasteiger partial charge in [0.1, 0.15) is 17.1 Å². The number of halogens is 1. The maximum absolute atomic E-state index is 13.1. The normalized spacial score (nSPS) is 21.1. The van der Waals surface area contributed by atoms with E-state index in [0.29, 0.717) is 0 Å². The predicted octanol–water partition coefficient (Wildman–Crippen LogP) is 4.98. The predicted molar refractivity (Wildman–Crippen MR) is 123 cm³/mol. The summed E-state index contributed by atoms with van der Waals surface area (Å²) in [5, 5.41) is 4.08. The van der Waals surface area contributed by atoms with Crippen LogP contribution in [0.3, 0.4) is 0 Å². The molecule has 0 radical (unpaired) electrons. The molecule has 2 aliphatic heterocycles. The van der Waals surface area contributed by atoms with Crippen molar-refractivity contribution in [2.24, 2.45) is 5.92 Å². The van der Waals surface area contributed by atoms with Crippen LogP contribution in [0.15, 0.2) is 42.5 Å². The zero-order valence-electron chi connectivity index (χ0n) is 18.5. The summed E-state index contributed by atoms with van der Waals surface area (Å²) in [6.45, 7) is 6.82. The number of piperidine rings is 1. The molecule has 0 bridgehead atoms. The average molecular weight is 443 g/mol. The molecule has 1 fully saturated rings. The van der Waals surface area contributed by atoms with Crippen LogP contribution in [0.25, 0.3) is 0 Å². The van der Waals surface area contributed by atoms with E-state index in [1.807, 2.05) is 36.4 Å². The Labute approximate surface area is 189 Å². The lowest BCUT2D eigenvalue weighted by atomic mass is 9.88. The van der Waals surface area contributed by atoms with Crippen molar-refractivity contribution in [2.45, 2.75) is 51.3 Å². The largest absolute Gasteiger partial charge is 0.497 e. The third-order valence-electron chi connectivity index (χ3n) is 6.25. The number of carbonyl (C=O) groups excluding carboxylic acids is 1. The van der Waals surface area contributed by atoms with Gasteiger partial charge in [-0.2, -0.15) is 0 Å². The summed E-state index contributed by atoms with van der Waals surface area (Å²) in [5.74, 6) is 1.74. The lowest BCUT2D eigenvalue weighted by molar-refractivity contribution is -0.127. The van der Waals surface area contributed by atoms with Crippen LogP contribution in [0.1, 0.15) is 50.3 Å². The van der Waals surface area contributed by atoms with Crippen molar-refractivity contribution in [2.75, 3.05) is 20.2 Å². The molecule has 6 heteroatoms. The highest BCUT2D eigenvalue weighted by atomic mass is 35.5. The second-order valence-electron chi connectivity index (χ2n) is 9.21. The molecule has 1 amide bonds. The van der Waals surface area contributed by atoms with Crippen LogP contribution in [0.2, 0.25) is 5.02 Å². The van der Waals surface area contributed by atoms with E-state index in [1.54, 1.807) is 7.11 Å². The van der Waals surface area contributed by atoms with Crippen LogP contribution in [0.4, 0.5) is 0 Å². The molecular formula is C25H31ClN2O3. The smallest absolute Gasteiger partial charge is 0.223 e. The number of hydrogen-bond acceptors (Lipinski definition) is 4. The number of ether oxygens (including phenoxy) is 2. The van der Waals surface area contributed by atoms with Crippen LogP contribution in [0, 0.1) is 5.92 Å². The van der Waals surface area contributed by atoms with Gasteiger partial charge in [-0.1, -0.05) is 23.7 Å². The minimum Gasteiger partial charge on any atom is -0.497 e. The van der Waals surface area contributed by atoms with Crippen molar-refractivity contribution in [3.63, 3.8) is 0 Å². The molecule has 2 aliphatic rings. The molecule has 4 rings (SSSR count). The van der Waals surface area contributed by atoms with Gasteiger partial charge < -0.3 is 14.8 Å². The number of rotatable bonds is 5. The highest BCUT2D eigenvalue weighted by molar-refractivity contribution is 6.30. The fourth-order valence-corrected chi connectivity index (χ4v) is 4.84. The SMILES string of the molecule is COc1ccc2c(c1)OC(C)(C)C[C@H]2NC(=O)C1CCN(Cc2cccc(Cl)c2)CC1. The highest BCUT2D eigenvalue weighted by Gasteiger charge is 2.36. The molecule has 1 saturated heterocycles. The first-order chi connectivity index (χ1) is 14.8. The lowest BCUT2D eigenvalue weighted by Gasteiger charge is -2.39. The minimum absolute atomic E-state index is 0.0447. The number of amides is 1. The third kappa shape index (κ3) is 5.34. The molecule has 2 aromatic rings. The summed E-state index contributed by atoms with van der Waals surface area (Å²) in [4.78, 5) is 15.5. The standard InChI is InChI=1S/C25H31ClN2O3/c1-25(2)15-22(21-8-7-20(30-3)14-23(21)31-25)27-24(29)18-9-11-28(12-10-18)16-17-5-4-6-19(26)13-17/h4-8,13-14,18,22H,9-12,15-16H2,1-3H3,(H,27,29)/t22-/m1/s1. The van der Waals surface area contributed by atoms with Crippen molar-refractivity contribution >= 4 is 17.5 Å². The molecule has 31 heavy (non-hydrogen) atoms. The molecule has 5 nitrogen and oxygen atoms in total. The fraction of sp³-hybridized carbons (Fsp3) is 0.480. The van der Waals surface area contributed by atoms with Crippen LogP contribution in [-0.4, -0.2) is 36.6 Å². The first-order valence-corrected chi connectivity index (χ1v) is 11.3. The Balaban J connectivity index is 1.37. The van der Waals surface area contributed by atoms with E-state index in [2.05, 4.69) is 30.1 Å². The zero-order valence-corrected chi connectivity index (χ0v) is 19.2. The van der Waals surface area contributed by atoms with Crippen molar-refractivity contribution < 1.29 is 14.3 Å². The van der Waals surface area contributed by atoms with Gasteiger partial charge in [-0.05, 0) is 69.6 Å². The number of carbonyl (C=O) groups is 1. The van der Waals surface area contributed by atoms with E-state index in [-0.39, 0.29) is 23.5 Å². The fourth-order valence-electron chi connectivity index (χ4n) is 4.62. The Morgan fingerprint density at radius 2 is 2.00 bits per heavy atom. The molecule has 0 aliphatic carbocycles. The summed E-state index contributed by atoms with van der Waals surface area (Å²) < 4.78 is 11.5. The van der Waals surface area contributed by atoms with Gasteiger partial charge in [-0.3, -0.25) is 9.69 Å². The summed E-state index contributed by atoms with van der Waals surface area (Å²) in [5.41, 5.74) is 1.89. The van der Waals surface area contributed by atoms with E-state index in [9.17, 15) is 4.79 Å². The van der Waals surface area contributed by atoms with Gasteiger partial charge in [0.05, 0.1) is 13.2 Å². The van der Waals surface area contributed by atoms with Gasteiger partial charge in [0, 0.05) is 35.5 Å². The van der Waals surface area contributed by atoms with Gasteiger partial charge in [0.25, 0.3) is 0 Å². The number of fused-ring (bicyclic) bond motifs is 1. The van der Waals surface area contributed by atoms with Gasteiger partial charge in [0.15, 0.2) is 0 Å². The first kappa shape index (κ1) is 22.0. The summed E-state index contributed by atoms with van der Waals surface area (Å²) in [6.07, 6.45) is 2.48. The molecule has 0 unspecified atom stereocenters. The third-order valence-corrected chi connectivity index (χ3v) is 6.48. The Morgan fingerprint density at radius 1 is 1.23 bits per heavy atom. The van der Waals surface area contributed by atoms with Crippen LogP contribution in [0.5, 0.6) is 11.5 Å². The van der Waals surface area contributed by atoms with Crippen molar-refractivity contribution in [3.8, 4) is 11.5 Å². The molecule has 2 heterocycles. The van der Waals surface area contributed by atoms with E-state index < -0.39 is 0 Å². The molecule has 2 aromatic carbocycles. The molecule has 1 atom stereocenters. The van der Waals surface area contributed by atoms with Gasteiger partial charge >= 0.3 is 0 Å². The van der Waals surface area contributed by atoms with Crippen molar-refractivity contribution in [3.05, 3.63) is 58.6 Å². The van der Waals surface area contributed by atoms with E-state index in [0.717, 1.165) is 61.0 Å². The second-order valence-corrected chi connectivity index (χ2v) is 9.65. The molecular weight excluding hydrogens is 412 g/mol. The molecule has 166 valence electrons. The quantitative estimate of drug-likeness (QED) is 0.709. The van der Waals surface area contributed by atoms with Crippen molar-refractivity contribution in [1.82, 2.24) is 10.2 Å². The maximum atomic E-state index is 13.1. The molecule has 0 saturated carbocycles. The Morgan fingerprint density at radius 3 is 2.71 bits per heavy atom. The molecule has 0 spiro atoms. The van der Waals surface area contributed by atoms with E-state index in [1.165, 1.54) is 5.56 Å². The summed E-state index contributed by atoms with van der Waals surface area (Å²) in [6, 6.07) is 13.8. The zero-order chi connectivity index (χ0) is 22.0. The van der Waals surface area contributed by atoms with Crippen LogP contribution >= 0.6 is 11.6 Å². The van der Waals surface area contributed by atoms with E-state index >= 15 is 0 Å². The first-order valence-electron chi connectivity index (χ1n) is 11.0. The number of nitrogens with one attached hydrogen (secondary N) is 1. The number of nitrogens with zero attached hydrogens (tertiary/aromatic N) is 1.